The molecule has 3 unspecified atom stereocenters. The number of carbonyl (C=O) groups excluding carboxylic acids is 3. The Hall–Kier alpha value is -1.85. The lowest BCUT2D eigenvalue weighted by Crippen LogP contribution is -2.54. The zero-order valence-corrected chi connectivity index (χ0v) is 16.0. The fourth-order valence-corrected chi connectivity index (χ4v) is 2.27. The summed E-state index contributed by atoms with van der Waals surface area (Å²) < 4.78 is 0. The summed E-state index contributed by atoms with van der Waals surface area (Å²) in [6, 6.07) is -3.20. The van der Waals surface area contributed by atoms with Gasteiger partial charge in [0.2, 0.25) is 17.7 Å². The van der Waals surface area contributed by atoms with Gasteiger partial charge >= 0.3 is 5.97 Å². The van der Waals surface area contributed by atoms with E-state index in [2.05, 4.69) is 16.0 Å². The van der Waals surface area contributed by atoms with Crippen molar-refractivity contribution in [2.24, 2.45) is 11.7 Å². The van der Waals surface area contributed by atoms with Crippen molar-refractivity contribution in [2.45, 2.75) is 38.4 Å². The average molecular weight is 392 g/mol. The molecule has 0 spiro atoms. The first kappa shape index (κ1) is 24.1. The second-order valence-electron chi connectivity index (χ2n) is 5.97. The number of aliphatic carboxylic acids is 1. The summed E-state index contributed by atoms with van der Waals surface area (Å²) >= 11 is 1.45. The fraction of sp³-hybridized carbons (Fsp3) is 0.733. The molecule has 11 heteroatoms. The van der Waals surface area contributed by atoms with Gasteiger partial charge < -0.3 is 31.9 Å². The predicted molar refractivity (Wildman–Crippen MR) is 97.4 cm³/mol. The van der Waals surface area contributed by atoms with Crippen molar-refractivity contribution in [3.8, 4) is 0 Å². The van der Waals surface area contributed by atoms with Crippen molar-refractivity contribution in [3.63, 3.8) is 0 Å². The molecule has 0 saturated heterocycles. The van der Waals surface area contributed by atoms with Crippen LogP contribution in [0.3, 0.4) is 0 Å². The highest BCUT2D eigenvalue weighted by Gasteiger charge is 2.26. The number of nitrogens with two attached hydrogens (primary N) is 1. The molecule has 0 bridgehead atoms. The molecule has 26 heavy (non-hydrogen) atoms. The number of carboxylic acids is 1. The third kappa shape index (κ3) is 9.02. The summed E-state index contributed by atoms with van der Waals surface area (Å²) in [5, 5.41) is 24.9. The van der Waals surface area contributed by atoms with Gasteiger partial charge in [0.1, 0.15) is 12.1 Å². The molecule has 0 radical (unpaired) electrons. The smallest absolute Gasteiger partial charge is 0.328 e. The number of hydrogen-bond acceptors (Lipinski definition) is 7. The minimum Gasteiger partial charge on any atom is -0.480 e. The van der Waals surface area contributed by atoms with E-state index in [4.69, 9.17) is 15.9 Å². The lowest BCUT2D eigenvalue weighted by Gasteiger charge is -2.21. The standard InChI is InChI=1S/C15H28N4O6S/c1-8(2)12(16)14(23)17-6-11(21)18-9(4-5-26-3)13(22)19-10(7-20)15(24)25/h8-10,12,20H,4-7,16H2,1-3H3,(H,17,23)(H,18,21)(H,19,22)(H,24,25). The number of thioether (sulfide) groups is 1. The highest BCUT2D eigenvalue weighted by atomic mass is 32.2. The molecule has 7 N–H and O–H groups in total. The number of aliphatic hydroxyl groups excluding tert-OH is 1. The lowest BCUT2D eigenvalue weighted by atomic mass is 10.1. The number of nitrogens with one attached hydrogen (secondary N) is 3. The SMILES string of the molecule is CSCCC(NC(=O)CNC(=O)C(N)C(C)C)C(=O)NC(CO)C(=O)O. The molecule has 0 aromatic heterocycles. The molecule has 0 aromatic carbocycles. The Morgan fingerprint density at radius 3 is 2.15 bits per heavy atom. The number of amides is 3. The molecule has 0 aliphatic rings. The maximum atomic E-state index is 12.2. The monoisotopic (exact) mass is 392 g/mol. The van der Waals surface area contributed by atoms with Crippen molar-refractivity contribution in [1.82, 2.24) is 16.0 Å². The summed E-state index contributed by atoms with van der Waals surface area (Å²) in [7, 11) is 0. The van der Waals surface area contributed by atoms with E-state index in [1.807, 2.05) is 6.26 Å². The first-order valence-corrected chi connectivity index (χ1v) is 9.49. The van der Waals surface area contributed by atoms with Crippen LogP contribution in [0.5, 0.6) is 0 Å². The van der Waals surface area contributed by atoms with E-state index < -0.39 is 48.4 Å². The first-order valence-electron chi connectivity index (χ1n) is 8.09. The van der Waals surface area contributed by atoms with E-state index in [0.29, 0.717) is 5.75 Å². The number of carbonyl (C=O) groups is 4. The Kier molecular flexibility index (Phi) is 11.6. The van der Waals surface area contributed by atoms with Gasteiger partial charge in [0, 0.05) is 0 Å². The quantitative estimate of drug-likeness (QED) is 0.219. The second kappa shape index (κ2) is 12.5. The average Bonchev–Trinajstić information content (AvgIpc) is 2.59. The topological polar surface area (TPSA) is 171 Å². The van der Waals surface area contributed by atoms with Gasteiger partial charge in [0.25, 0.3) is 0 Å². The second-order valence-corrected chi connectivity index (χ2v) is 6.96. The van der Waals surface area contributed by atoms with Crippen molar-refractivity contribution in [1.29, 1.82) is 0 Å². The van der Waals surface area contributed by atoms with Gasteiger partial charge in [0.15, 0.2) is 0 Å². The third-order valence-electron chi connectivity index (χ3n) is 3.50. The summed E-state index contributed by atoms with van der Waals surface area (Å²) in [4.78, 5) is 46.8. The molecule has 10 nitrogen and oxygen atoms in total. The summed E-state index contributed by atoms with van der Waals surface area (Å²) in [5.41, 5.74) is 5.67. The molecule has 0 aliphatic carbocycles. The van der Waals surface area contributed by atoms with Gasteiger partial charge in [-0.3, -0.25) is 14.4 Å². The van der Waals surface area contributed by atoms with Crippen LogP contribution in [0.25, 0.3) is 0 Å². The number of rotatable bonds is 12. The van der Waals surface area contributed by atoms with Gasteiger partial charge in [-0.2, -0.15) is 11.8 Å². The van der Waals surface area contributed by atoms with Crippen molar-refractivity contribution >= 4 is 35.5 Å². The minimum absolute atomic E-state index is 0.0930. The van der Waals surface area contributed by atoms with Crippen molar-refractivity contribution < 1.29 is 29.4 Å². The molecular weight excluding hydrogens is 364 g/mol. The van der Waals surface area contributed by atoms with E-state index in [-0.39, 0.29) is 18.9 Å². The van der Waals surface area contributed by atoms with Crippen LogP contribution < -0.4 is 21.7 Å². The molecule has 0 saturated carbocycles. The summed E-state index contributed by atoms with van der Waals surface area (Å²) in [6.07, 6.45) is 2.08. The Morgan fingerprint density at radius 1 is 1.08 bits per heavy atom. The van der Waals surface area contributed by atoms with Gasteiger partial charge in [0.05, 0.1) is 19.2 Å². The van der Waals surface area contributed by atoms with Crippen LogP contribution in [0.4, 0.5) is 0 Å². The summed E-state index contributed by atoms with van der Waals surface area (Å²) in [5.74, 6) is -2.74. The third-order valence-corrected chi connectivity index (χ3v) is 4.15. The zero-order valence-electron chi connectivity index (χ0n) is 15.2. The van der Waals surface area contributed by atoms with Crippen LogP contribution in [0.1, 0.15) is 20.3 Å². The molecule has 0 aromatic rings. The van der Waals surface area contributed by atoms with E-state index in [1.54, 1.807) is 13.8 Å². The van der Waals surface area contributed by atoms with Crippen LogP contribution in [-0.2, 0) is 19.2 Å². The normalized spacial score (nSPS) is 14.2. The van der Waals surface area contributed by atoms with Crippen LogP contribution in [0, 0.1) is 5.92 Å². The van der Waals surface area contributed by atoms with E-state index >= 15 is 0 Å². The Labute approximate surface area is 156 Å². The molecule has 3 atom stereocenters. The first-order chi connectivity index (χ1) is 12.1. The lowest BCUT2D eigenvalue weighted by molar-refractivity contribution is -0.143. The van der Waals surface area contributed by atoms with Gasteiger partial charge in [-0.15, -0.1) is 0 Å². The van der Waals surface area contributed by atoms with Crippen LogP contribution >= 0.6 is 11.8 Å². The Morgan fingerprint density at radius 2 is 1.69 bits per heavy atom. The highest BCUT2D eigenvalue weighted by Crippen LogP contribution is 2.02. The predicted octanol–water partition coefficient (Wildman–Crippen LogP) is -2.11. The fourth-order valence-electron chi connectivity index (χ4n) is 1.80. The minimum atomic E-state index is -1.46. The zero-order chi connectivity index (χ0) is 20.3. The largest absolute Gasteiger partial charge is 0.480 e. The molecule has 3 amide bonds. The number of aliphatic hydroxyl groups is 1. The highest BCUT2D eigenvalue weighted by molar-refractivity contribution is 7.98. The van der Waals surface area contributed by atoms with Crippen LogP contribution in [-0.4, -0.2) is 77.2 Å². The molecule has 0 aliphatic heterocycles. The molecule has 150 valence electrons. The van der Waals surface area contributed by atoms with Gasteiger partial charge in [-0.05, 0) is 24.3 Å². The molecule has 0 rings (SSSR count). The molecular formula is C15H28N4O6S. The van der Waals surface area contributed by atoms with Crippen LogP contribution in [0.15, 0.2) is 0 Å². The number of carboxylic acid groups (broad SMARTS) is 1. The molecule has 0 fully saturated rings. The van der Waals surface area contributed by atoms with Crippen molar-refractivity contribution in [3.05, 3.63) is 0 Å². The summed E-state index contributed by atoms with van der Waals surface area (Å²) in [6.45, 7) is 2.42. The van der Waals surface area contributed by atoms with Crippen LogP contribution in [0.2, 0.25) is 0 Å². The van der Waals surface area contributed by atoms with E-state index in [0.717, 1.165) is 0 Å². The van der Waals surface area contributed by atoms with E-state index in [9.17, 15) is 19.2 Å². The van der Waals surface area contributed by atoms with Gasteiger partial charge in [-0.25, -0.2) is 4.79 Å². The Bertz CT molecular complexity index is 503. The maximum absolute atomic E-state index is 12.2. The van der Waals surface area contributed by atoms with Crippen molar-refractivity contribution in [2.75, 3.05) is 25.2 Å². The maximum Gasteiger partial charge on any atom is 0.328 e. The van der Waals surface area contributed by atoms with E-state index in [1.165, 1.54) is 11.8 Å². The number of hydrogen-bond donors (Lipinski definition) is 6. The molecule has 0 heterocycles. The Balaban J connectivity index is 4.73. The van der Waals surface area contributed by atoms with Gasteiger partial charge in [-0.1, -0.05) is 13.8 Å².